The Kier molecular flexibility index (Phi) is 5.21. The van der Waals surface area contributed by atoms with Gasteiger partial charge in [-0.25, -0.2) is 9.50 Å². The number of hydrogen-bond acceptors (Lipinski definition) is 3. The third-order valence-electron chi connectivity index (χ3n) is 4.99. The number of aromatic nitrogens is 3. The zero-order valence-electron chi connectivity index (χ0n) is 15.4. The van der Waals surface area contributed by atoms with Crippen LogP contribution in [0, 0.1) is 0 Å². The Labute approximate surface area is 170 Å². The molecule has 4 rings (SSSR count). The van der Waals surface area contributed by atoms with Crippen molar-refractivity contribution in [3.05, 3.63) is 52.8 Å². The summed E-state index contributed by atoms with van der Waals surface area (Å²) in [5.74, 6) is -0.188. The topological polar surface area (TPSA) is 50.5 Å². The molecule has 9 heteroatoms. The van der Waals surface area contributed by atoms with Crippen LogP contribution >= 0.6 is 11.6 Å². The molecule has 29 heavy (non-hydrogen) atoms. The first-order valence-electron chi connectivity index (χ1n) is 9.33. The van der Waals surface area contributed by atoms with Gasteiger partial charge in [0.2, 0.25) is 5.91 Å². The molecule has 1 saturated heterocycles. The Morgan fingerprint density at radius 2 is 1.79 bits per heavy atom. The molecule has 0 aliphatic carbocycles. The minimum absolute atomic E-state index is 0.0290. The van der Waals surface area contributed by atoms with Gasteiger partial charge in [-0.2, -0.15) is 18.3 Å². The summed E-state index contributed by atoms with van der Waals surface area (Å²) in [5.41, 5.74) is -0.322. The van der Waals surface area contributed by atoms with Gasteiger partial charge in [-0.05, 0) is 25.3 Å². The second-order valence-corrected chi connectivity index (χ2v) is 7.38. The monoisotopic (exact) mass is 422 g/mol. The number of benzene rings is 1. The number of alkyl halides is 3. The molecule has 1 aliphatic rings. The van der Waals surface area contributed by atoms with Gasteiger partial charge in [0.25, 0.3) is 0 Å². The van der Waals surface area contributed by atoms with E-state index in [0.717, 1.165) is 25.3 Å². The van der Waals surface area contributed by atoms with Crippen molar-refractivity contribution >= 4 is 23.2 Å². The standard InChI is InChI=1S/C20H18ClF3N4O/c21-18-15(12-17(29)27-9-5-2-6-10-27)26-28-16(20(22,23)24)11-14(25-19(18)28)13-7-3-1-4-8-13/h1,3-4,7-8,11H,2,5-6,9-10,12H2. The molecule has 0 saturated carbocycles. The van der Waals surface area contributed by atoms with E-state index in [-0.39, 0.29) is 34.4 Å². The van der Waals surface area contributed by atoms with Crippen molar-refractivity contribution < 1.29 is 18.0 Å². The van der Waals surface area contributed by atoms with Crippen molar-refractivity contribution in [2.24, 2.45) is 0 Å². The predicted octanol–water partition coefficient (Wildman–Crippen LogP) is 4.62. The van der Waals surface area contributed by atoms with E-state index in [4.69, 9.17) is 11.6 Å². The molecule has 0 atom stereocenters. The first-order chi connectivity index (χ1) is 13.8. The fourth-order valence-electron chi connectivity index (χ4n) is 3.51. The molecule has 0 bridgehead atoms. The maximum atomic E-state index is 13.7. The summed E-state index contributed by atoms with van der Waals surface area (Å²) in [6.07, 6.45) is -1.90. The van der Waals surface area contributed by atoms with Crippen molar-refractivity contribution in [3.8, 4) is 11.3 Å². The van der Waals surface area contributed by atoms with Crippen molar-refractivity contribution in [3.63, 3.8) is 0 Å². The molecule has 1 amide bonds. The number of piperidine rings is 1. The van der Waals surface area contributed by atoms with Gasteiger partial charge < -0.3 is 4.90 Å². The van der Waals surface area contributed by atoms with Crippen molar-refractivity contribution in [1.82, 2.24) is 19.5 Å². The average Bonchev–Trinajstić information content (AvgIpc) is 3.03. The molecule has 0 N–H and O–H groups in total. The number of carbonyl (C=O) groups excluding carboxylic acids is 1. The summed E-state index contributed by atoms with van der Waals surface area (Å²) < 4.78 is 41.8. The summed E-state index contributed by atoms with van der Waals surface area (Å²) in [6.45, 7) is 1.29. The van der Waals surface area contributed by atoms with E-state index in [0.29, 0.717) is 23.2 Å². The minimum Gasteiger partial charge on any atom is -0.342 e. The van der Waals surface area contributed by atoms with Crippen molar-refractivity contribution in [1.29, 1.82) is 0 Å². The number of hydrogen-bond donors (Lipinski definition) is 0. The molecule has 0 radical (unpaired) electrons. The summed E-state index contributed by atoms with van der Waals surface area (Å²) in [5, 5.41) is 3.97. The van der Waals surface area contributed by atoms with Gasteiger partial charge in [-0.15, -0.1) is 0 Å². The smallest absolute Gasteiger partial charge is 0.342 e. The van der Waals surface area contributed by atoms with Gasteiger partial charge in [-0.1, -0.05) is 41.9 Å². The van der Waals surface area contributed by atoms with Gasteiger partial charge >= 0.3 is 6.18 Å². The number of nitrogens with zero attached hydrogens (tertiary/aromatic N) is 4. The molecule has 1 fully saturated rings. The van der Waals surface area contributed by atoms with E-state index in [1.165, 1.54) is 0 Å². The summed E-state index contributed by atoms with van der Waals surface area (Å²) in [4.78, 5) is 18.6. The van der Waals surface area contributed by atoms with Gasteiger partial charge in [0.15, 0.2) is 11.3 Å². The van der Waals surface area contributed by atoms with Gasteiger partial charge in [0, 0.05) is 18.7 Å². The first-order valence-corrected chi connectivity index (χ1v) is 9.71. The van der Waals surface area contributed by atoms with Gasteiger partial charge in [0.05, 0.1) is 17.8 Å². The molecular formula is C20H18ClF3N4O. The van der Waals surface area contributed by atoms with Gasteiger partial charge in [0.1, 0.15) is 5.02 Å². The molecular weight excluding hydrogens is 405 g/mol. The van der Waals surface area contributed by atoms with Crippen molar-refractivity contribution in [2.75, 3.05) is 13.1 Å². The van der Waals surface area contributed by atoms with E-state index >= 15 is 0 Å². The molecule has 0 unspecified atom stereocenters. The van der Waals surface area contributed by atoms with Crippen LogP contribution in [0.2, 0.25) is 5.02 Å². The summed E-state index contributed by atoms with van der Waals surface area (Å²) in [6, 6.07) is 9.49. The maximum Gasteiger partial charge on any atom is 0.433 e. The number of halogens is 4. The van der Waals surface area contributed by atoms with Crippen LogP contribution in [0.1, 0.15) is 30.7 Å². The summed E-state index contributed by atoms with van der Waals surface area (Å²) >= 11 is 6.34. The Balaban J connectivity index is 1.78. The van der Waals surface area contributed by atoms with E-state index in [2.05, 4.69) is 10.1 Å². The largest absolute Gasteiger partial charge is 0.433 e. The molecule has 1 aliphatic heterocycles. The fraction of sp³-hybridized carbons (Fsp3) is 0.350. The van der Waals surface area contributed by atoms with Crippen LogP contribution in [-0.2, 0) is 17.4 Å². The highest BCUT2D eigenvalue weighted by Crippen LogP contribution is 2.34. The van der Waals surface area contributed by atoms with E-state index < -0.39 is 11.9 Å². The lowest BCUT2D eigenvalue weighted by Crippen LogP contribution is -2.36. The van der Waals surface area contributed by atoms with Crippen LogP contribution in [0.4, 0.5) is 13.2 Å². The van der Waals surface area contributed by atoms with E-state index in [1.807, 2.05) is 0 Å². The average molecular weight is 423 g/mol. The first kappa shape index (κ1) is 19.7. The van der Waals surface area contributed by atoms with Crippen LogP contribution < -0.4 is 0 Å². The number of fused-ring (bicyclic) bond motifs is 1. The van der Waals surface area contributed by atoms with Gasteiger partial charge in [-0.3, -0.25) is 4.79 Å². The second kappa shape index (κ2) is 7.67. The lowest BCUT2D eigenvalue weighted by Gasteiger charge is -2.26. The Morgan fingerprint density at radius 1 is 1.10 bits per heavy atom. The Bertz CT molecular complexity index is 1040. The lowest BCUT2D eigenvalue weighted by atomic mass is 10.1. The fourth-order valence-corrected chi connectivity index (χ4v) is 3.73. The molecule has 2 aromatic heterocycles. The van der Waals surface area contributed by atoms with Crippen LogP contribution in [0.25, 0.3) is 16.9 Å². The van der Waals surface area contributed by atoms with Crippen LogP contribution in [-0.4, -0.2) is 38.5 Å². The predicted molar refractivity (Wildman–Crippen MR) is 103 cm³/mol. The quantitative estimate of drug-likeness (QED) is 0.618. The maximum absolute atomic E-state index is 13.7. The van der Waals surface area contributed by atoms with Crippen molar-refractivity contribution in [2.45, 2.75) is 31.9 Å². The Morgan fingerprint density at radius 3 is 2.45 bits per heavy atom. The SMILES string of the molecule is O=C(Cc1nn2c(C(F)(F)F)cc(-c3ccccc3)nc2c1Cl)N1CCCCC1. The molecule has 5 nitrogen and oxygen atoms in total. The zero-order valence-corrected chi connectivity index (χ0v) is 16.2. The molecule has 3 aromatic rings. The highest BCUT2D eigenvalue weighted by Gasteiger charge is 2.36. The van der Waals surface area contributed by atoms with Crippen LogP contribution in [0.5, 0.6) is 0 Å². The second-order valence-electron chi connectivity index (χ2n) is 7.00. The normalized spacial score (nSPS) is 15.1. The number of rotatable bonds is 3. The third-order valence-corrected chi connectivity index (χ3v) is 5.37. The molecule has 152 valence electrons. The lowest BCUT2D eigenvalue weighted by molar-refractivity contribution is -0.142. The molecule has 3 heterocycles. The highest BCUT2D eigenvalue weighted by molar-refractivity contribution is 6.34. The molecule has 0 spiro atoms. The number of likely N-dealkylation sites (tertiary alicyclic amines) is 1. The summed E-state index contributed by atoms with van der Waals surface area (Å²) in [7, 11) is 0. The zero-order chi connectivity index (χ0) is 20.6. The minimum atomic E-state index is -4.66. The van der Waals surface area contributed by atoms with Crippen LogP contribution in [0.3, 0.4) is 0 Å². The van der Waals surface area contributed by atoms with E-state index in [9.17, 15) is 18.0 Å². The van der Waals surface area contributed by atoms with Crippen LogP contribution in [0.15, 0.2) is 36.4 Å². The molecule has 1 aromatic carbocycles. The Hall–Kier alpha value is -2.61. The van der Waals surface area contributed by atoms with E-state index in [1.54, 1.807) is 35.2 Å². The number of amides is 1. The highest BCUT2D eigenvalue weighted by atomic mass is 35.5. The third kappa shape index (κ3) is 3.94. The number of carbonyl (C=O) groups is 1.